The van der Waals surface area contributed by atoms with Gasteiger partial charge >= 0.3 is 0 Å². The van der Waals surface area contributed by atoms with Crippen molar-refractivity contribution in [1.29, 1.82) is 0 Å². The lowest BCUT2D eigenvalue weighted by Crippen LogP contribution is -2.18. The number of rotatable bonds is 7. The highest BCUT2D eigenvalue weighted by Crippen LogP contribution is 2.24. The molecule has 2 rings (SSSR count). The monoisotopic (exact) mass is 354 g/mol. The second-order valence-electron chi connectivity index (χ2n) is 7.18. The third-order valence-electron chi connectivity index (χ3n) is 4.00. The number of benzene rings is 2. The minimum absolute atomic E-state index is 0.109. The Bertz CT molecular complexity index is 762. The summed E-state index contributed by atoms with van der Waals surface area (Å²) in [6, 6.07) is 14.7. The second kappa shape index (κ2) is 8.52. The highest BCUT2D eigenvalue weighted by atomic mass is 16.5. The molecule has 2 amide bonds. The maximum Gasteiger partial charge on any atom is 0.250 e. The van der Waals surface area contributed by atoms with Crippen molar-refractivity contribution in [3.63, 3.8) is 0 Å². The van der Waals surface area contributed by atoms with Crippen LogP contribution < -0.4 is 15.8 Å². The number of primary amides is 1. The maximum absolute atomic E-state index is 12.0. The van der Waals surface area contributed by atoms with E-state index in [0.717, 1.165) is 5.75 Å². The van der Waals surface area contributed by atoms with Gasteiger partial charge in [-0.3, -0.25) is 9.59 Å². The van der Waals surface area contributed by atoms with Gasteiger partial charge in [-0.25, -0.2) is 0 Å². The molecular weight excluding hydrogens is 328 g/mol. The van der Waals surface area contributed by atoms with Crippen molar-refractivity contribution in [2.75, 3.05) is 11.9 Å². The van der Waals surface area contributed by atoms with Crippen LogP contribution in [0.25, 0.3) is 0 Å². The van der Waals surface area contributed by atoms with Gasteiger partial charge in [-0.1, -0.05) is 45.0 Å². The zero-order chi connectivity index (χ0) is 19.2. The van der Waals surface area contributed by atoms with Crippen molar-refractivity contribution in [3.8, 4) is 5.75 Å². The maximum atomic E-state index is 12.0. The van der Waals surface area contributed by atoms with Crippen LogP contribution in [-0.4, -0.2) is 18.4 Å². The molecule has 0 saturated carbocycles. The highest BCUT2D eigenvalue weighted by Gasteiger charge is 2.13. The Morgan fingerprint density at radius 1 is 1.04 bits per heavy atom. The summed E-state index contributed by atoms with van der Waals surface area (Å²) in [5, 5.41) is 2.72. The predicted molar refractivity (Wildman–Crippen MR) is 103 cm³/mol. The molecule has 5 nitrogen and oxygen atoms in total. The average molecular weight is 354 g/mol. The van der Waals surface area contributed by atoms with Gasteiger partial charge in [0, 0.05) is 6.42 Å². The summed E-state index contributed by atoms with van der Waals surface area (Å²) in [4.78, 5) is 23.4. The number of para-hydroxylation sites is 1. The molecule has 0 bridgehead atoms. The molecule has 0 aliphatic rings. The predicted octanol–water partition coefficient (Wildman–Crippen LogP) is 3.88. The summed E-state index contributed by atoms with van der Waals surface area (Å²) in [5.74, 6) is 0.0470. The molecule has 138 valence electrons. The topological polar surface area (TPSA) is 81.4 Å². The molecule has 0 aromatic heterocycles. The molecule has 0 fully saturated rings. The van der Waals surface area contributed by atoms with Gasteiger partial charge in [0.2, 0.25) is 5.91 Å². The molecule has 0 heterocycles. The minimum Gasteiger partial charge on any atom is -0.494 e. The molecule has 0 unspecified atom stereocenters. The number of anilines is 1. The summed E-state index contributed by atoms with van der Waals surface area (Å²) in [6.45, 7) is 6.94. The lowest BCUT2D eigenvalue weighted by Gasteiger charge is -2.19. The van der Waals surface area contributed by atoms with Crippen molar-refractivity contribution >= 4 is 17.5 Å². The van der Waals surface area contributed by atoms with Crippen LogP contribution in [0.1, 0.15) is 49.5 Å². The van der Waals surface area contributed by atoms with Crippen LogP contribution in [0, 0.1) is 0 Å². The van der Waals surface area contributed by atoms with E-state index < -0.39 is 5.91 Å². The molecule has 0 saturated heterocycles. The Hall–Kier alpha value is -2.82. The van der Waals surface area contributed by atoms with Crippen LogP contribution in [0.15, 0.2) is 48.5 Å². The second-order valence-corrected chi connectivity index (χ2v) is 7.18. The first kappa shape index (κ1) is 19.5. The van der Waals surface area contributed by atoms with E-state index in [4.69, 9.17) is 10.5 Å². The zero-order valence-corrected chi connectivity index (χ0v) is 15.5. The van der Waals surface area contributed by atoms with E-state index in [2.05, 4.69) is 38.2 Å². The van der Waals surface area contributed by atoms with E-state index in [-0.39, 0.29) is 11.3 Å². The standard InChI is InChI=1S/C21H26N2O3/c1-21(2,3)15-10-12-16(13-11-15)26-14-6-9-19(24)23-18-8-5-4-7-17(18)20(22)25/h4-5,7-8,10-13H,6,9,14H2,1-3H3,(H2,22,25)(H,23,24). The van der Waals surface area contributed by atoms with Crippen LogP contribution in [0.3, 0.4) is 0 Å². The van der Waals surface area contributed by atoms with Crippen LogP contribution in [0.4, 0.5) is 5.69 Å². The number of hydrogen-bond acceptors (Lipinski definition) is 3. The fourth-order valence-corrected chi connectivity index (χ4v) is 2.49. The number of nitrogens with two attached hydrogens (primary N) is 1. The molecular formula is C21H26N2O3. The van der Waals surface area contributed by atoms with Gasteiger partial charge in [0.25, 0.3) is 5.91 Å². The van der Waals surface area contributed by atoms with Crippen molar-refractivity contribution in [1.82, 2.24) is 0 Å². The largest absolute Gasteiger partial charge is 0.494 e. The van der Waals surface area contributed by atoms with Crippen LogP contribution in [0.2, 0.25) is 0 Å². The highest BCUT2D eigenvalue weighted by molar-refractivity contribution is 6.02. The Balaban J connectivity index is 1.78. The molecule has 0 radical (unpaired) electrons. The van der Waals surface area contributed by atoms with E-state index in [1.54, 1.807) is 24.3 Å². The minimum atomic E-state index is -0.567. The first-order valence-corrected chi connectivity index (χ1v) is 8.69. The van der Waals surface area contributed by atoms with Crippen LogP contribution in [0.5, 0.6) is 5.75 Å². The van der Waals surface area contributed by atoms with Crippen molar-refractivity contribution in [3.05, 3.63) is 59.7 Å². The van der Waals surface area contributed by atoms with Crippen molar-refractivity contribution in [2.24, 2.45) is 5.73 Å². The van der Waals surface area contributed by atoms with Crippen LogP contribution >= 0.6 is 0 Å². The fourth-order valence-electron chi connectivity index (χ4n) is 2.49. The van der Waals surface area contributed by atoms with E-state index in [1.165, 1.54) is 5.56 Å². The molecule has 0 aliphatic carbocycles. The first-order chi connectivity index (χ1) is 12.3. The number of amides is 2. The van der Waals surface area contributed by atoms with Crippen molar-refractivity contribution < 1.29 is 14.3 Å². The van der Waals surface area contributed by atoms with E-state index >= 15 is 0 Å². The lowest BCUT2D eigenvalue weighted by molar-refractivity contribution is -0.116. The normalized spacial score (nSPS) is 11.0. The third-order valence-corrected chi connectivity index (χ3v) is 4.00. The Labute approximate surface area is 154 Å². The molecule has 0 aliphatic heterocycles. The first-order valence-electron chi connectivity index (χ1n) is 8.69. The fraction of sp³-hybridized carbons (Fsp3) is 0.333. The molecule has 0 spiro atoms. The number of nitrogens with one attached hydrogen (secondary N) is 1. The molecule has 2 aromatic carbocycles. The molecule has 26 heavy (non-hydrogen) atoms. The van der Waals surface area contributed by atoms with Gasteiger partial charge in [0.05, 0.1) is 17.9 Å². The summed E-state index contributed by atoms with van der Waals surface area (Å²) >= 11 is 0. The zero-order valence-electron chi connectivity index (χ0n) is 15.5. The van der Waals surface area contributed by atoms with E-state index in [9.17, 15) is 9.59 Å². The van der Waals surface area contributed by atoms with Crippen molar-refractivity contribution in [2.45, 2.75) is 39.0 Å². The van der Waals surface area contributed by atoms with Gasteiger partial charge < -0.3 is 15.8 Å². The molecule has 3 N–H and O–H groups in total. The average Bonchev–Trinajstić information content (AvgIpc) is 2.58. The number of carbonyl (C=O) groups is 2. The number of hydrogen-bond donors (Lipinski definition) is 2. The van der Waals surface area contributed by atoms with E-state index in [1.807, 2.05) is 12.1 Å². The SMILES string of the molecule is CC(C)(C)c1ccc(OCCCC(=O)Nc2ccccc2C(N)=O)cc1. The third kappa shape index (κ3) is 5.62. The lowest BCUT2D eigenvalue weighted by atomic mass is 9.87. The number of ether oxygens (including phenoxy) is 1. The molecule has 2 aromatic rings. The number of carbonyl (C=O) groups excluding carboxylic acids is 2. The molecule has 5 heteroatoms. The quantitative estimate of drug-likeness (QED) is 0.740. The Morgan fingerprint density at radius 3 is 2.31 bits per heavy atom. The van der Waals surface area contributed by atoms with E-state index in [0.29, 0.717) is 30.7 Å². The van der Waals surface area contributed by atoms with Gasteiger partial charge in [-0.15, -0.1) is 0 Å². The summed E-state index contributed by atoms with van der Waals surface area (Å²) in [7, 11) is 0. The van der Waals surface area contributed by atoms with Gasteiger partial charge in [-0.2, -0.15) is 0 Å². The molecule has 0 atom stereocenters. The Morgan fingerprint density at radius 2 is 1.69 bits per heavy atom. The smallest absolute Gasteiger partial charge is 0.250 e. The van der Waals surface area contributed by atoms with Gasteiger partial charge in [0.1, 0.15) is 5.75 Å². The summed E-state index contributed by atoms with van der Waals surface area (Å²) in [5.41, 5.74) is 7.40. The summed E-state index contributed by atoms with van der Waals surface area (Å²) in [6.07, 6.45) is 0.874. The van der Waals surface area contributed by atoms with Crippen LogP contribution in [-0.2, 0) is 10.2 Å². The summed E-state index contributed by atoms with van der Waals surface area (Å²) < 4.78 is 5.68. The van der Waals surface area contributed by atoms with Gasteiger partial charge in [-0.05, 0) is 41.7 Å². The van der Waals surface area contributed by atoms with Gasteiger partial charge in [0.15, 0.2) is 0 Å². The Kier molecular flexibility index (Phi) is 6.39.